The second-order valence-corrected chi connectivity index (χ2v) is 53.7. The number of thiophene rings is 6. The van der Waals surface area contributed by atoms with Crippen molar-refractivity contribution in [1.82, 2.24) is 0 Å². The van der Waals surface area contributed by atoms with Crippen molar-refractivity contribution < 1.29 is 50.5 Å². The van der Waals surface area contributed by atoms with Crippen LogP contribution in [0.5, 0.6) is 0 Å². The Morgan fingerprint density at radius 3 is 1.05 bits per heavy atom. The van der Waals surface area contributed by atoms with E-state index in [1.807, 2.05) is 102 Å². The first kappa shape index (κ1) is 88.7. The molecule has 0 aliphatic carbocycles. The lowest BCUT2D eigenvalue weighted by Gasteiger charge is -2.32. The van der Waals surface area contributed by atoms with Crippen molar-refractivity contribution in [1.29, 1.82) is 0 Å². The van der Waals surface area contributed by atoms with Crippen LogP contribution in [0, 0.1) is 0 Å². The molecule has 4 aliphatic rings. The van der Waals surface area contributed by atoms with E-state index in [2.05, 4.69) is 366 Å². The number of rotatable bonds is 5. The highest BCUT2D eigenvalue weighted by atomic mass is 32.1. The number of hydrogen-bond donors (Lipinski definition) is 0. The van der Waals surface area contributed by atoms with Crippen LogP contribution in [0.2, 0.25) is 0 Å². The van der Waals surface area contributed by atoms with E-state index < -0.39 is 25.4 Å². The predicted molar refractivity (Wildman–Crippen MR) is 634 cm³/mol. The fraction of sp³-hybridized carbons (Fsp3) is 0.197. The molecule has 12 aromatic heterocycles. The van der Waals surface area contributed by atoms with E-state index in [9.17, 15) is 0 Å². The maximum absolute atomic E-state index is 6.82. The molecule has 710 valence electrons. The third kappa shape index (κ3) is 12.2. The lowest BCUT2D eigenvalue weighted by molar-refractivity contribution is 0.00578. The molecular formula is C122H90B4O11S9. The molecule has 0 bridgehead atoms. The molecule has 4 fully saturated rings. The second-order valence-electron chi connectivity index (χ2n) is 44.2. The van der Waals surface area contributed by atoms with Gasteiger partial charge in [0.05, 0.1) is 44.8 Å². The van der Waals surface area contributed by atoms with Crippen LogP contribution >= 0.6 is 102 Å². The van der Waals surface area contributed by atoms with Gasteiger partial charge in [-0.25, -0.2) is 0 Å². The Kier molecular flexibility index (Phi) is 18.4. The molecule has 0 N–H and O–H groups in total. The molecule has 0 amide bonds. The molecule has 24 heteroatoms. The van der Waals surface area contributed by atoms with Gasteiger partial charge in [0.15, 0.2) is 0 Å². The third-order valence-corrected chi connectivity index (χ3v) is 44.3. The lowest BCUT2D eigenvalue weighted by atomic mass is 9.78. The van der Waals surface area contributed by atoms with E-state index >= 15 is 0 Å². The summed E-state index contributed by atoms with van der Waals surface area (Å²) in [6.07, 6.45) is 0. The molecule has 0 unspecified atom stereocenters. The van der Waals surface area contributed by atoms with E-state index in [0.29, 0.717) is 0 Å². The van der Waals surface area contributed by atoms with Gasteiger partial charge in [-0.05, 0) is 239 Å². The first-order valence-electron chi connectivity index (χ1n) is 50.0. The Morgan fingerprint density at radius 2 is 0.493 bits per heavy atom. The van der Waals surface area contributed by atoms with Crippen LogP contribution in [0.4, 0.5) is 0 Å². The minimum atomic E-state index is -0.409. The zero-order valence-corrected chi connectivity index (χ0v) is 90.1. The Bertz CT molecular complexity index is 10800. The van der Waals surface area contributed by atoms with Crippen LogP contribution in [0.3, 0.4) is 0 Å². The van der Waals surface area contributed by atoms with Crippen LogP contribution in [0.25, 0.3) is 269 Å². The summed E-state index contributed by atoms with van der Waals surface area (Å²) in [5.41, 5.74) is 9.40. The van der Waals surface area contributed by atoms with Crippen LogP contribution < -0.4 is 21.9 Å². The quantitative estimate of drug-likeness (QED) is 0.154. The second kappa shape index (κ2) is 30.3. The van der Waals surface area contributed by atoms with Gasteiger partial charge in [-0.3, -0.25) is 0 Å². The van der Waals surface area contributed by atoms with Crippen molar-refractivity contribution in [3.8, 4) is 11.1 Å². The van der Waals surface area contributed by atoms with E-state index in [1.165, 1.54) is 225 Å². The molecule has 4 aliphatic heterocycles. The SMILES string of the molecule is CC1(C)OB(c2cc3sc4ccc5oc6cc7ccccc7c7sc(c2)c3c4c5c67)OC1(C)C.CC1(C)OB(c2ccc3oc4c5ccccc5cc5sc6ccc7sc2c3c7c6c54)OC1(C)C.CC1(C)OB(c2ccc3sc4c5ccccc5c(-c5ccccc5)c5oc6ccc7sc2c3c7c6c54)OC1(C)C.CC1(C)OB(c2ccc3sc4c5ccccc5cc5sc6c7ccccc7c7sc2c3c7c6c54)OC1(C)C. The van der Waals surface area contributed by atoms with E-state index in [1.54, 1.807) is 0 Å². The summed E-state index contributed by atoms with van der Waals surface area (Å²) >= 11 is 16.8. The monoisotopic (exact) mass is 2060 g/mol. The van der Waals surface area contributed by atoms with Gasteiger partial charge in [-0.2, -0.15) is 0 Å². The minimum absolute atomic E-state index is 0.369. The van der Waals surface area contributed by atoms with Crippen LogP contribution in [-0.4, -0.2) is 73.3 Å². The Morgan fingerprint density at radius 1 is 0.185 bits per heavy atom. The number of furan rings is 2. The third-order valence-electron chi connectivity index (χ3n) is 33.7. The molecule has 0 saturated carbocycles. The van der Waals surface area contributed by atoms with Gasteiger partial charge in [0.25, 0.3) is 0 Å². The summed E-state index contributed by atoms with van der Waals surface area (Å²) in [6.45, 7) is 33.9. The summed E-state index contributed by atoms with van der Waals surface area (Å²) in [7, 11) is -1.58. The topological polar surface area (TPSA) is 113 Å². The molecule has 34 rings (SSSR count). The maximum Gasteiger partial charge on any atom is 0.496 e. The number of fused-ring (bicyclic) bond motifs is 11. The summed E-state index contributed by atoms with van der Waals surface area (Å²) in [4.78, 5) is 0. The van der Waals surface area contributed by atoms with Crippen molar-refractivity contribution in [2.75, 3.05) is 0 Å². The van der Waals surface area contributed by atoms with Crippen LogP contribution in [0.15, 0.2) is 268 Å². The molecule has 146 heavy (non-hydrogen) atoms. The van der Waals surface area contributed by atoms with Crippen molar-refractivity contribution >= 4 is 410 Å². The maximum atomic E-state index is 6.82. The van der Waals surface area contributed by atoms with Gasteiger partial charge >= 0.3 is 28.5 Å². The van der Waals surface area contributed by atoms with E-state index in [-0.39, 0.29) is 47.8 Å². The molecule has 11 nitrogen and oxygen atoms in total. The first-order chi connectivity index (χ1) is 70.3. The normalized spacial score (nSPS) is 17.8. The van der Waals surface area contributed by atoms with Gasteiger partial charge in [0.2, 0.25) is 0 Å². The smallest absolute Gasteiger partial charge is 0.456 e. The Labute approximate surface area is 874 Å². The summed E-state index contributed by atoms with van der Waals surface area (Å²) < 4.78 is 95.4. The van der Waals surface area contributed by atoms with Crippen molar-refractivity contribution in [3.63, 3.8) is 0 Å². The van der Waals surface area contributed by atoms with Crippen LogP contribution in [-0.2, 0) is 37.2 Å². The molecule has 0 radical (unpaired) electrons. The molecule has 18 aromatic carbocycles. The highest BCUT2D eigenvalue weighted by Gasteiger charge is 2.57. The van der Waals surface area contributed by atoms with E-state index in [0.717, 1.165) is 66.3 Å². The Balaban J connectivity index is 0.0000000886. The van der Waals surface area contributed by atoms with Crippen molar-refractivity contribution in [2.45, 2.75) is 156 Å². The standard InChI is InChI=1S/C34H25BO3S2.C32H23BO2S3.2C28H21BO3S2/c1-33(2)34(3,4)38-35(37-33)21-14-16-24-28-27-23(40-32(21)28)17-15-22-26(27)29-30(36-22)25(18-10-6-5-7-11-18)19-12-8-9-13-20(19)31(29)39-24;1-31(2)32(3,4)35-33(34-31)20-13-14-21-23-25-26-24-22(15-16-9-5-6-10-17(16)27(24)36-21)37-28(26)18-11-7-8-12-19(18)29(25)38-30(20)23;1-27(2)28(3,4)32-29(31-27)15-12-20-24-21(13-15)34-26-16-8-6-5-7-14(16)11-18-23(26)22-17(30-18)9-10-19(33-20)25(22)24;1-27(2)28(3,4)32-29(31-27)16-9-10-17-21-22-19(34-26(16)21)12-11-18-23(22)24-20(33-18)13-14-7-5-6-8-15(14)25(24)30-17/h5-17H,1-4H3;5-15H,1-4H3;2*5-13H,1-4H3. The van der Waals surface area contributed by atoms with Gasteiger partial charge in [0, 0.05) is 214 Å². The lowest BCUT2D eigenvalue weighted by Crippen LogP contribution is -2.41. The number of benzene rings is 18. The fourth-order valence-corrected chi connectivity index (χ4v) is 35.2. The zero-order valence-electron chi connectivity index (χ0n) is 82.7. The van der Waals surface area contributed by atoms with Gasteiger partial charge in [-0.1, -0.05) is 170 Å². The van der Waals surface area contributed by atoms with Crippen molar-refractivity contribution in [3.05, 3.63) is 255 Å². The average molecular weight is 2060 g/mol. The van der Waals surface area contributed by atoms with Crippen molar-refractivity contribution in [2.24, 2.45) is 0 Å². The molecule has 30 aromatic rings. The molecule has 0 atom stereocenters. The van der Waals surface area contributed by atoms with E-state index in [4.69, 9.17) is 50.5 Å². The summed E-state index contributed by atoms with van der Waals surface area (Å²) in [5, 5.41) is 33.4. The molecular weight excluding hydrogens is 1970 g/mol. The summed E-state index contributed by atoms with van der Waals surface area (Å²) in [6, 6.07) is 92.4. The van der Waals surface area contributed by atoms with Gasteiger partial charge in [0.1, 0.15) is 33.5 Å². The van der Waals surface area contributed by atoms with Gasteiger partial charge < -0.3 is 50.5 Å². The largest absolute Gasteiger partial charge is 0.496 e. The molecule has 16 heterocycles. The average Bonchev–Trinajstić information content (AvgIpc) is 1.53. The molecule has 4 saturated heterocycles. The fourth-order valence-electron chi connectivity index (χ4n) is 23.6. The molecule has 0 spiro atoms. The predicted octanol–water partition coefficient (Wildman–Crippen LogP) is 35.5. The zero-order chi connectivity index (χ0) is 98.5. The Hall–Kier alpha value is -11.4. The highest BCUT2D eigenvalue weighted by molar-refractivity contribution is 7.34. The first-order valence-corrected chi connectivity index (χ1v) is 57.3. The van der Waals surface area contributed by atoms with Crippen LogP contribution in [0.1, 0.15) is 111 Å². The summed E-state index contributed by atoms with van der Waals surface area (Å²) in [5.74, 6) is 0. The minimum Gasteiger partial charge on any atom is -0.456 e. The highest BCUT2D eigenvalue weighted by Crippen LogP contribution is 2.60. The van der Waals surface area contributed by atoms with Gasteiger partial charge in [-0.15, -0.1) is 102 Å². The number of hydrogen-bond acceptors (Lipinski definition) is 20.